The molecule has 0 bridgehead atoms. The van der Waals surface area contributed by atoms with Crippen molar-refractivity contribution in [2.75, 3.05) is 12.4 Å². The first kappa shape index (κ1) is 19.8. The van der Waals surface area contributed by atoms with Gasteiger partial charge in [-0.1, -0.05) is 42.1 Å². The van der Waals surface area contributed by atoms with Gasteiger partial charge in [-0.3, -0.25) is 4.98 Å². The molecule has 1 saturated carbocycles. The van der Waals surface area contributed by atoms with Crippen molar-refractivity contribution in [1.29, 1.82) is 0 Å². The molecule has 6 nitrogen and oxygen atoms in total. The summed E-state index contributed by atoms with van der Waals surface area (Å²) in [7, 11) is 1.40. The zero-order valence-electron chi connectivity index (χ0n) is 17.4. The van der Waals surface area contributed by atoms with Crippen molar-refractivity contribution < 1.29 is 9.53 Å². The highest BCUT2D eigenvalue weighted by molar-refractivity contribution is 7.98. The molecule has 0 saturated heterocycles. The van der Waals surface area contributed by atoms with Crippen LogP contribution in [0.15, 0.2) is 53.7 Å². The van der Waals surface area contributed by atoms with Crippen LogP contribution in [-0.4, -0.2) is 34.1 Å². The molecular weight excluding hydrogens is 408 g/mol. The van der Waals surface area contributed by atoms with Gasteiger partial charge in [0.2, 0.25) is 0 Å². The van der Waals surface area contributed by atoms with Crippen LogP contribution in [0, 0.1) is 6.92 Å². The topological polar surface area (TPSA) is 77.0 Å². The maximum atomic E-state index is 12.6. The van der Waals surface area contributed by atoms with Crippen LogP contribution in [0.2, 0.25) is 0 Å². The molecule has 0 amide bonds. The fraction of sp³-hybridized carbons (Fsp3) is 0.250. The number of esters is 1. The number of carbonyl (C=O) groups is 1. The molecule has 0 spiro atoms. The van der Waals surface area contributed by atoms with Gasteiger partial charge >= 0.3 is 5.97 Å². The molecule has 1 aliphatic carbocycles. The van der Waals surface area contributed by atoms with E-state index in [1.807, 2.05) is 55.5 Å². The number of carbonyl (C=O) groups excluding carboxylic acids is 1. The lowest BCUT2D eigenvalue weighted by molar-refractivity contribution is 0.0598. The maximum absolute atomic E-state index is 12.6. The normalized spacial score (nSPS) is 13.5. The number of anilines is 1. The lowest BCUT2D eigenvalue weighted by Gasteiger charge is -2.13. The number of rotatable bonds is 6. The largest absolute Gasteiger partial charge is 0.465 e. The van der Waals surface area contributed by atoms with E-state index in [9.17, 15) is 4.79 Å². The van der Waals surface area contributed by atoms with Crippen molar-refractivity contribution in [2.45, 2.75) is 36.7 Å². The number of nitrogens with zero attached hydrogens (tertiary/aromatic N) is 3. The number of para-hydroxylation sites is 2. The minimum atomic E-state index is -0.373. The lowest BCUT2D eigenvalue weighted by Crippen LogP contribution is -2.11. The number of hydrogen-bond donors (Lipinski definition) is 1. The number of fused-ring (bicyclic) bond motifs is 2. The summed E-state index contributed by atoms with van der Waals surface area (Å²) in [5.74, 6) is 0.963. The number of pyridine rings is 1. The Hall–Kier alpha value is -3.19. The van der Waals surface area contributed by atoms with Crippen LogP contribution in [0.4, 0.5) is 5.82 Å². The molecule has 1 N–H and O–H groups in total. The molecular formula is C24H22N4O2S. The van der Waals surface area contributed by atoms with Crippen LogP contribution in [-0.2, 0) is 10.5 Å². The number of aryl methyl sites for hydroxylation is 1. The van der Waals surface area contributed by atoms with E-state index in [1.165, 1.54) is 31.7 Å². The molecule has 31 heavy (non-hydrogen) atoms. The fourth-order valence-electron chi connectivity index (χ4n) is 3.70. The first-order valence-corrected chi connectivity index (χ1v) is 11.2. The SMILES string of the molecule is COC(=O)c1c(CSc2nc(NC3CC3)c3ccccc3n2)nc2ccccc2c1C. The number of hydrogen-bond acceptors (Lipinski definition) is 7. The third kappa shape index (κ3) is 3.93. The van der Waals surface area contributed by atoms with Crippen LogP contribution < -0.4 is 5.32 Å². The van der Waals surface area contributed by atoms with Gasteiger partial charge in [-0.2, -0.15) is 0 Å². The van der Waals surface area contributed by atoms with Gasteiger partial charge in [0.15, 0.2) is 5.16 Å². The molecule has 0 unspecified atom stereocenters. The van der Waals surface area contributed by atoms with Crippen LogP contribution in [0.3, 0.4) is 0 Å². The Balaban J connectivity index is 1.52. The summed E-state index contributed by atoms with van der Waals surface area (Å²) in [5, 5.41) is 6.15. The van der Waals surface area contributed by atoms with Crippen molar-refractivity contribution in [3.63, 3.8) is 0 Å². The predicted octanol–water partition coefficient (Wildman–Crippen LogP) is 5.14. The number of benzene rings is 2. The number of nitrogens with one attached hydrogen (secondary N) is 1. The highest BCUT2D eigenvalue weighted by atomic mass is 32.2. The molecule has 5 rings (SSSR count). The zero-order chi connectivity index (χ0) is 21.4. The van der Waals surface area contributed by atoms with E-state index in [0.717, 1.165) is 33.2 Å². The molecule has 2 heterocycles. The summed E-state index contributed by atoms with van der Waals surface area (Å²) >= 11 is 1.48. The summed E-state index contributed by atoms with van der Waals surface area (Å²) in [6.45, 7) is 1.94. The molecule has 4 aromatic rings. The van der Waals surface area contributed by atoms with Crippen LogP contribution in [0.25, 0.3) is 21.8 Å². The molecule has 0 aliphatic heterocycles. The molecule has 2 aromatic heterocycles. The smallest absolute Gasteiger partial charge is 0.340 e. The number of aromatic nitrogens is 3. The second kappa shape index (κ2) is 8.15. The average Bonchev–Trinajstić information content (AvgIpc) is 3.61. The molecule has 7 heteroatoms. The standard InChI is InChI=1S/C24H22N4O2S/c1-14-16-7-3-5-9-18(16)26-20(21(14)23(29)30-2)13-31-24-27-19-10-6-4-8-17(19)22(28-24)25-15-11-12-15/h3-10,15H,11-13H2,1-2H3,(H,25,27,28). The van der Waals surface area contributed by atoms with Gasteiger partial charge in [-0.25, -0.2) is 14.8 Å². The highest BCUT2D eigenvalue weighted by Gasteiger charge is 2.23. The summed E-state index contributed by atoms with van der Waals surface area (Å²) in [6.07, 6.45) is 2.34. The van der Waals surface area contributed by atoms with E-state index in [4.69, 9.17) is 19.7 Å². The van der Waals surface area contributed by atoms with E-state index in [2.05, 4.69) is 5.32 Å². The zero-order valence-corrected chi connectivity index (χ0v) is 18.2. The van der Waals surface area contributed by atoms with Crippen LogP contribution in [0.1, 0.15) is 34.5 Å². The predicted molar refractivity (Wildman–Crippen MR) is 124 cm³/mol. The Morgan fingerprint density at radius 3 is 2.42 bits per heavy atom. The van der Waals surface area contributed by atoms with Gasteiger partial charge < -0.3 is 10.1 Å². The van der Waals surface area contributed by atoms with E-state index < -0.39 is 0 Å². The third-order valence-corrected chi connectivity index (χ3v) is 6.31. The summed E-state index contributed by atoms with van der Waals surface area (Å²) in [4.78, 5) is 26.8. The van der Waals surface area contributed by atoms with Crippen LogP contribution >= 0.6 is 11.8 Å². The Morgan fingerprint density at radius 2 is 1.71 bits per heavy atom. The maximum Gasteiger partial charge on any atom is 0.340 e. The van der Waals surface area contributed by atoms with Crippen molar-refractivity contribution >= 4 is 45.4 Å². The fourth-order valence-corrected chi connectivity index (χ4v) is 4.50. The van der Waals surface area contributed by atoms with E-state index in [1.54, 1.807) is 0 Å². The molecule has 156 valence electrons. The molecule has 0 atom stereocenters. The van der Waals surface area contributed by atoms with Gasteiger partial charge in [0.05, 0.1) is 29.4 Å². The summed E-state index contributed by atoms with van der Waals surface area (Å²) in [6, 6.07) is 16.3. The monoisotopic (exact) mass is 430 g/mol. The number of methoxy groups -OCH3 is 1. The highest BCUT2D eigenvalue weighted by Crippen LogP contribution is 2.32. The second-order valence-electron chi connectivity index (χ2n) is 7.65. The minimum absolute atomic E-state index is 0.373. The molecule has 2 aromatic carbocycles. The van der Waals surface area contributed by atoms with E-state index in [0.29, 0.717) is 28.2 Å². The number of thioether (sulfide) groups is 1. The third-order valence-electron chi connectivity index (χ3n) is 5.46. The van der Waals surface area contributed by atoms with Gasteiger partial charge in [-0.05, 0) is 43.5 Å². The summed E-state index contributed by atoms with van der Waals surface area (Å²) in [5.41, 5.74) is 3.84. The lowest BCUT2D eigenvalue weighted by atomic mass is 10.0. The van der Waals surface area contributed by atoms with Crippen LogP contribution in [0.5, 0.6) is 0 Å². The van der Waals surface area contributed by atoms with Crippen molar-refractivity contribution in [1.82, 2.24) is 15.0 Å². The van der Waals surface area contributed by atoms with Crippen molar-refractivity contribution in [3.8, 4) is 0 Å². The second-order valence-corrected chi connectivity index (χ2v) is 8.59. The van der Waals surface area contributed by atoms with Crippen molar-refractivity contribution in [3.05, 3.63) is 65.4 Å². The Morgan fingerprint density at radius 1 is 1.03 bits per heavy atom. The Kier molecular flexibility index (Phi) is 5.19. The Labute approximate surface area is 184 Å². The van der Waals surface area contributed by atoms with Gasteiger partial charge in [0, 0.05) is 22.6 Å². The molecule has 1 aliphatic rings. The quantitative estimate of drug-likeness (QED) is 0.258. The van der Waals surface area contributed by atoms with E-state index >= 15 is 0 Å². The van der Waals surface area contributed by atoms with Crippen molar-refractivity contribution in [2.24, 2.45) is 0 Å². The van der Waals surface area contributed by atoms with Gasteiger partial charge in [-0.15, -0.1) is 0 Å². The molecule has 0 radical (unpaired) electrons. The first-order valence-electron chi connectivity index (χ1n) is 10.3. The minimum Gasteiger partial charge on any atom is -0.465 e. The first-order chi connectivity index (χ1) is 15.1. The van der Waals surface area contributed by atoms with E-state index in [-0.39, 0.29) is 5.97 Å². The molecule has 1 fully saturated rings. The number of ether oxygens (including phenoxy) is 1. The Bertz CT molecular complexity index is 1300. The van der Waals surface area contributed by atoms with Gasteiger partial charge in [0.25, 0.3) is 0 Å². The average molecular weight is 431 g/mol. The summed E-state index contributed by atoms with van der Waals surface area (Å²) < 4.78 is 5.06. The van der Waals surface area contributed by atoms with Gasteiger partial charge in [0.1, 0.15) is 5.82 Å².